The van der Waals surface area contributed by atoms with Gasteiger partial charge in [0.1, 0.15) is 11.6 Å². The first-order chi connectivity index (χ1) is 15.7. The summed E-state index contributed by atoms with van der Waals surface area (Å²) in [5, 5.41) is 2.40. The van der Waals surface area contributed by atoms with Crippen molar-refractivity contribution >= 4 is 23.3 Å². The summed E-state index contributed by atoms with van der Waals surface area (Å²) in [5.41, 5.74) is 0.477. The van der Waals surface area contributed by atoms with Gasteiger partial charge in [-0.1, -0.05) is 18.5 Å². The highest BCUT2D eigenvalue weighted by molar-refractivity contribution is 6.33. The van der Waals surface area contributed by atoms with Crippen LogP contribution in [0, 0.1) is 23.5 Å². The Morgan fingerprint density at radius 3 is 2.64 bits per heavy atom. The van der Waals surface area contributed by atoms with E-state index in [2.05, 4.69) is 15.3 Å². The van der Waals surface area contributed by atoms with Gasteiger partial charge in [0.05, 0.1) is 22.9 Å². The lowest BCUT2D eigenvalue weighted by Gasteiger charge is -2.41. The van der Waals surface area contributed by atoms with E-state index in [1.165, 1.54) is 11.1 Å². The van der Waals surface area contributed by atoms with Crippen molar-refractivity contribution < 1.29 is 22.4 Å². The summed E-state index contributed by atoms with van der Waals surface area (Å²) < 4.78 is 56.6. The van der Waals surface area contributed by atoms with Crippen LogP contribution in [0.3, 0.4) is 0 Å². The molecule has 1 aromatic carbocycles. The Labute approximate surface area is 192 Å². The first-order valence-electron chi connectivity index (χ1n) is 10.2. The van der Waals surface area contributed by atoms with Gasteiger partial charge in [-0.3, -0.25) is 0 Å². The SMILES string of the molecule is CCC1c2ccnc(F)c2C[C@H](C)N1C(=O)Nc1cc(Cl)c(-c2cc(F)cnc2F)cc1F. The highest BCUT2D eigenvalue weighted by Crippen LogP contribution is 2.37. The van der Waals surface area contributed by atoms with Crippen LogP contribution in [0.1, 0.15) is 37.4 Å². The number of rotatable bonds is 3. The number of urea groups is 1. The number of fused-ring (bicyclic) bond motifs is 1. The third-order valence-electron chi connectivity index (χ3n) is 5.72. The fraction of sp³-hybridized carbons (Fsp3) is 0.261. The predicted octanol–water partition coefficient (Wildman–Crippen LogP) is 6.28. The lowest BCUT2D eigenvalue weighted by molar-refractivity contribution is 0.147. The highest BCUT2D eigenvalue weighted by Gasteiger charge is 2.36. The number of hydrogen-bond donors (Lipinski definition) is 1. The van der Waals surface area contributed by atoms with Gasteiger partial charge in [-0.15, -0.1) is 0 Å². The van der Waals surface area contributed by atoms with Gasteiger partial charge in [-0.2, -0.15) is 8.78 Å². The number of anilines is 1. The van der Waals surface area contributed by atoms with Gasteiger partial charge in [-0.05, 0) is 49.6 Å². The van der Waals surface area contributed by atoms with Crippen LogP contribution < -0.4 is 5.32 Å². The molecule has 10 heteroatoms. The number of benzene rings is 1. The number of nitrogens with zero attached hydrogens (tertiary/aromatic N) is 3. The molecule has 3 aromatic rings. The van der Waals surface area contributed by atoms with Crippen LogP contribution in [0.25, 0.3) is 11.1 Å². The number of amides is 2. The molecule has 1 aliphatic rings. The van der Waals surface area contributed by atoms with Gasteiger partial charge >= 0.3 is 6.03 Å². The molecule has 1 unspecified atom stereocenters. The number of nitrogens with one attached hydrogen (secondary N) is 1. The van der Waals surface area contributed by atoms with Crippen molar-refractivity contribution in [3.05, 3.63) is 76.3 Å². The second kappa shape index (κ2) is 8.97. The van der Waals surface area contributed by atoms with E-state index >= 15 is 0 Å². The predicted molar refractivity (Wildman–Crippen MR) is 116 cm³/mol. The van der Waals surface area contributed by atoms with Gasteiger partial charge in [0.25, 0.3) is 0 Å². The van der Waals surface area contributed by atoms with Gasteiger partial charge in [0, 0.05) is 28.9 Å². The second-order valence-corrected chi connectivity index (χ2v) is 8.20. The Balaban J connectivity index is 1.65. The van der Waals surface area contributed by atoms with Crippen molar-refractivity contribution in [2.75, 3.05) is 5.32 Å². The van der Waals surface area contributed by atoms with Crippen molar-refractivity contribution in [1.29, 1.82) is 0 Å². The summed E-state index contributed by atoms with van der Waals surface area (Å²) in [4.78, 5) is 21.6. The molecule has 4 rings (SSSR count). The van der Waals surface area contributed by atoms with E-state index in [0.29, 0.717) is 23.7 Å². The first-order valence-corrected chi connectivity index (χ1v) is 10.6. The largest absolute Gasteiger partial charge is 0.322 e. The summed E-state index contributed by atoms with van der Waals surface area (Å²) in [6, 6.07) is 3.14. The van der Waals surface area contributed by atoms with Crippen LogP contribution in [0.15, 0.2) is 36.7 Å². The molecular formula is C23H19ClF4N4O. The minimum atomic E-state index is -1.01. The summed E-state index contributed by atoms with van der Waals surface area (Å²) in [6.07, 6.45) is 2.80. The maximum absolute atomic E-state index is 14.9. The maximum atomic E-state index is 14.9. The van der Waals surface area contributed by atoms with Gasteiger partial charge in [0.2, 0.25) is 11.9 Å². The van der Waals surface area contributed by atoms with E-state index in [0.717, 1.165) is 18.2 Å². The third-order valence-corrected chi connectivity index (χ3v) is 6.04. The van der Waals surface area contributed by atoms with Crippen LogP contribution >= 0.6 is 11.6 Å². The number of pyridine rings is 2. The number of carbonyl (C=O) groups excluding carboxylic acids is 1. The average Bonchev–Trinajstić information content (AvgIpc) is 2.77. The lowest BCUT2D eigenvalue weighted by atomic mass is 9.89. The fourth-order valence-corrected chi connectivity index (χ4v) is 4.51. The van der Waals surface area contributed by atoms with E-state index in [-0.39, 0.29) is 34.3 Å². The molecule has 0 radical (unpaired) electrons. The summed E-state index contributed by atoms with van der Waals surface area (Å²) in [7, 11) is 0. The highest BCUT2D eigenvalue weighted by atomic mass is 35.5. The van der Waals surface area contributed by atoms with Gasteiger partial charge < -0.3 is 10.2 Å². The molecule has 0 aliphatic carbocycles. The zero-order chi connectivity index (χ0) is 23.9. The smallest absolute Gasteiger partial charge is 0.314 e. The minimum absolute atomic E-state index is 0.102. The van der Waals surface area contributed by atoms with Crippen LogP contribution in [0.2, 0.25) is 5.02 Å². The molecule has 0 spiro atoms. The van der Waals surface area contributed by atoms with E-state index in [1.54, 1.807) is 13.0 Å². The van der Waals surface area contributed by atoms with Crippen molar-refractivity contribution in [2.24, 2.45) is 0 Å². The van der Waals surface area contributed by atoms with Crippen LogP contribution in [0.4, 0.5) is 28.0 Å². The first kappa shape index (κ1) is 23.0. The zero-order valence-electron chi connectivity index (χ0n) is 17.7. The summed E-state index contributed by atoms with van der Waals surface area (Å²) >= 11 is 6.20. The topological polar surface area (TPSA) is 58.1 Å². The molecule has 172 valence electrons. The summed E-state index contributed by atoms with van der Waals surface area (Å²) in [5.74, 6) is -3.27. The van der Waals surface area contributed by atoms with Crippen LogP contribution in [-0.2, 0) is 6.42 Å². The molecule has 0 fully saturated rings. The second-order valence-electron chi connectivity index (χ2n) is 7.79. The van der Waals surface area contributed by atoms with Gasteiger partial charge in [0.15, 0.2) is 0 Å². The quantitative estimate of drug-likeness (QED) is 0.356. The molecule has 2 aromatic heterocycles. The molecule has 0 saturated carbocycles. The average molecular weight is 479 g/mol. The lowest BCUT2D eigenvalue weighted by Crippen LogP contribution is -2.48. The maximum Gasteiger partial charge on any atom is 0.322 e. The van der Waals surface area contributed by atoms with Crippen molar-refractivity contribution in [1.82, 2.24) is 14.9 Å². The fourth-order valence-electron chi connectivity index (χ4n) is 4.24. The molecule has 1 N–H and O–H groups in total. The van der Waals surface area contributed by atoms with Crippen molar-refractivity contribution in [3.63, 3.8) is 0 Å². The van der Waals surface area contributed by atoms with Gasteiger partial charge in [-0.25, -0.2) is 23.5 Å². The van der Waals surface area contributed by atoms with E-state index < -0.39 is 35.6 Å². The number of halogens is 5. The standard InChI is InChI=1S/C23H19ClF4N4O/c1-3-20-13-4-5-29-21(27)15(13)6-11(2)32(20)23(33)31-19-9-17(24)14(8-18(19)26)16-7-12(25)10-30-22(16)28/h4-5,7-11,20H,3,6H2,1-2H3,(H,31,33)/t11-,20?/m0/s1. The molecular weight excluding hydrogens is 460 g/mol. The van der Waals surface area contributed by atoms with E-state index in [1.807, 2.05) is 6.92 Å². The Kier molecular flexibility index (Phi) is 6.25. The minimum Gasteiger partial charge on any atom is -0.314 e. The molecule has 3 heterocycles. The Hall–Kier alpha value is -3.20. The zero-order valence-corrected chi connectivity index (χ0v) is 18.4. The number of carbonyl (C=O) groups is 1. The molecule has 2 amide bonds. The third kappa shape index (κ3) is 4.25. The molecule has 0 saturated heterocycles. The van der Waals surface area contributed by atoms with Crippen LogP contribution in [-0.4, -0.2) is 26.9 Å². The number of hydrogen-bond acceptors (Lipinski definition) is 3. The molecule has 2 atom stereocenters. The monoisotopic (exact) mass is 478 g/mol. The Bertz CT molecular complexity index is 1240. The molecule has 0 bridgehead atoms. The van der Waals surface area contributed by atoms with E-state index in [4.69, 9.17) is 11.6 Å². The normalized spacial score (nSPS) is 17.6. The number of aromatic nitrogens is 2. The summed E-state index contributed by atoms with van der Waals surface area (Å²) in [6.45, 7) is 3.63. The van der Waals surface area contributed by atoms with Crippen LogP contribution in [0.5, 0.6) is 0 Å². The Morgan fingerprint density at radius 2 is 1.91 bits per heavy atom. The van der Waals surface area contributed by atoms with E-state index in [9.17, 15) is 22.4 Å². The van der Waals surface area contributed by atoms with Crippen molar-refractivity contribution in [3.8, 4) is 11.1 Å². The molecule has 5 nitrogen and oxygen atoms in total. The molecule has 1 aliphatic heterocycles. The Morgan fingerprint density at radius 1 is 1.15 bits per heavy atom. The van der Waals surface area contributed by atoms with Crippen molar-refractivity contribution in [2.45, 2.75) is 38.8 Å². The molecule has 33 heavy (non-hydrogen) atoms.